The summed E-state index contributed by atoms with van der Waals surface area (Å²) in [5, 5.41) is 12.3. The first-order valence-corrected chi connectivity index (χ1v) is 13.6. The van der Waals surface area contributed by atoms with E-state index in [0.717, 1.165) is 11.1 Å². The van der Waals surface area contributed by atoms with E-state index in [1.807, 2.05) is 31.2 Å². The third-order valence-electron chi connectivity index (χ3n) is 5.98. The molecule has 0 aliphatic heterocycles. The molecule has 1 heterocycles. The number of rotatable bonds is 11. The van der Waals surface area contributed by atoms with Crippen molar-refractivity contribution in [3.63, 3.8) is 0 Å². The Hall–Kier alpha value is -4.02. The van der Waals surface area contributed by atoms with Gasteiger partial charge in [0.05, 0.1) is 33.7 Å². The van der Waals surface area contributed by atoms with Crippen molar-refractivity contribution in [1.29, 1.82) is 0 Å². The van der Waals surface area contributed by atoms with Crippen LogP contribution in [0, 0.1) is 0 Å². The Morgan fingerprint density at radius 2 is 1.43 bits per heavy atom. The number of anilines is 1. The van der Waals surface area contributed by atoms with Crippen LogP contribution in [0.5, 0.6) is 23.0 Å². The summed E-state index contributed by atoms with van der Waals surface area (Å²) in [6, 6.07) is 18.0. The molecule has 1 aromatic heterocycles. The van der Waals surface area contributed by atoms with Crippen molar-refractivity contribution >= 4 is 35.0 Å². The minimum absolute atomic E-state index is 0.185. The van der Waals surface area contributed by atoms with Gasteiger partial charge in [-0.2, -0.15) is 0 Å². The molecule has 0 saturated carbocycles. The number of halogens is 1. The van der Waals surface area contributed by atoms with Crippen molar-refractivity contribution in [2.75, 3.05) is 33.8 Å². The second-order valence-electron chi connectivity index (χ2n) is 8.45. The second-order valence-corrected chi connectivity index (χ2v) is 10.1. The maximum absolute atomic E-state index is 13.1. The van der Waals surface area contributed by atoms with Gasteiger partial charge < -0.3 is 24.3 Å². The number of aromatic nitrogens is 3. The van der Waals surface area contributed by atoms with Crippen molar-refractivity contribution < 1.29 is 23.7 Å². The van der Waals surface area contributed by atoms with Crippen LogP contribution in [0.1, 0.15) is 13.3 Å². The van der Waals surface area contributed by atoms with E-state index in [9.17, 15) is 4.79 Å². The van der Waals surface area contributed by atoms with Crippen LogP contribution in [0.3, 0.4) is 0 Å². The number of nitrogens with zero attached hydrogens (tertiary/aromatic N) is 3. The van der Waals surface area contributed by atoms with Crippen molar-refractivity contribution in [2.24, 2.45) is 0 Å². The monoisotopic (exact) mass is 580 g/mol. The van der Waals surface area contributed by atoms with Crippen molar-refractivity contribution in [3.8, 4) is 45.5 Å². The number of hydrogen-bond donors (Lipinski definition) is 1. The summed E-state index contributed by atoms with van der Waals surface area (Å²) in [4.78, 5) is 17.9. The van der Waals surface area contributed by atoms with Crippen LogP contribution in [0.15, 0.2) is 65.8 Å². The molecule has 0 spiro atoms. The first-order valence-electron chi connectivity index (χ1n) is 12.3. The average molecular weight is 581 g/mol. The fraction of sp³-hybridized carbons (Fsp3) is 0.241. The first-order chi connectivity index (χ1) is 19.4. The number of methoxy groups -OCH3 is 4. The predicted molar refractivity (Wildman–Crippen MR) is 157 cm³/mol. The molecule has 0 aliphatic carbocycles. The van der Waals surface area contributed by atoms with Crippen LogP contribution in [0.4, 0.5) is 5.69 Å². The molecule has 208 valence electrons. The standard InChI is InChI=1S/C29H29ClN4O5S/c1-6-25(28(35)31-20-9-7-8-19(30)16-20)40-29-32-26(17-10-12-21(36-2)23(14-17)38-4)27(33-34-29)18-11-13-22(37-3)24(15-18)39-5/h7-16,25H,6H2,1-5H3,(H,31,35)/t25-/m1/s1. The SMILES string of the molecule is CC[C@@H](Sc1nnc(-c2ccc(OC)c(OC)c2)c(-c2ccc(OC)c(OC)c2)n1)C(=O)Nc1cccc(Cl)c1. The predicted octanol–water partition coefficient (Wildman–Crippen LogP) is 6.40. The highest BCUT2D eigenvalue weighted by atomic mass is 35.5. The Morgan fingerprint density at radius 3 is 1.98 bits per heavy atom. The van der Waals surface area contributed by atoms with Crippen LogP contribution >= 0.6 is 23.4 Å². The van der Waals surface area contributed by atoms with E-state index in [1.165, 1.54) is 11.8 Å². The summed E-state index contributed by atoms with van der Waals surface area (Å²) >= 11 is 7.31. The van der Waals surface area contributed by atoms with Crippen molar-refractivity contribution in [1.82, 2.24) is 15.2 Å². The summed E-state index contributed by atoms with van der Waals surface area (Å²) in [6.07, 6.45) is 0.545. The van der Waals surface area contributed by atoms with E-state index in [0.29, 0.717) is 56.7 Å². The molecule has 1 amide bonds. The fourth-order valence-electron chi connectivity index (χ4n) is 3.96. The van der Waals surface area contributed by atoms with Crippen LogP contribution in [-0.2, 0) is 4.79 Å². The van der Waals surface area contributed by atoms with Gasteiger partial charge in [-0.15, -0.1) is 10.2 Å². The zero-order chi connectivity index (χ0) is 28.6. The zero-order valence-corrected chi connectivity index (χ0v) is 24.3. The van der Waals surface area contributed by atoms with Gasteiger partial charge in [0.15, 0.2) is 23.0 Å². The molecule has 4 aromatic rings. The molecule has 0 unspecified atom stereocenters. The number of benzene rings is 3. The van der Waals surface area contributed by atoms with Gasteiger partial charge in [0, 0.05) is 21.8 Å². The van der Waals surface area contributed by atoms with E-state index < -0.39 is 5.25 Å². The lowest BCUT2D eigenvalue weighted by Gasteiger charge is -2.16. The number of ether oxygens (including phenoxy) is 4. The molecule has 1 N–H and O–H groups in total. The van der Waals surface area contributed by atoms with Gasteiger partial charge >= 0.3 is 0 Å². The summed E-state index contributed by atoms with van der Waals surface area (Å²) in [5.74, 6) is 2.07. The van der Waals surface area contributed by atoms with Crippen molar-refractivity contribution in [3.05, 3.63) is 65.7 Å². The number of hydrogen-bond acceptors (Lipinski definition) is 9. The van der Waals surface area contributed by atoms with E-state index in [1.54, 1.807) is 64.8 Å². The maximum Gasteiger partial charge on any atom is 0.237 e. The summed E-state index contributed by atoms with van der Waals surface area (Å²) in [7, 11) is 6.29. The smallest absolute Gasteiger partial charge is 0.237 e. The molecular weight excluding hydrogens is 552 g/mol. The molecule has 9 nitrogen and oxygen atoms in total. The highest BCUT2D eigenvalue weighted by Crippen LogP contribution is 2.38. The summed E-state index contributed by atoms with van der Waals surface area (Å²) < 4.78 is 21.8. The normalized spacial score (nSPS) is 11.4. The number of carbonyl (C=O) groups is 1. The largest absolute Gasteiger partial charge is 0.493 e. The molecule has 11 heteroatoms. The second kappa shape index (κ2) is 13.4. The van der Waals surface area contributed by atoms with Crippen LogP contribution in [-0.4, -0.2) is 54.8 Å². The van der Waals surface area contributed by atoms with Crippen LogP contribution in [0.25, 0.3) is 22.5 Å². The Labute approximate surface area is 242 Å². The highest BCUT2D eigenvalue weighted by molar-refractivity contribution is 8.00. The molecule has 1 atom stereocenters. The van der Waals surface area contributed by atoms with E-state index in [4.69, 9.17) is 35.5 Å². The Balaban J connectivity index is 1.74. The van der Waals surface area contributed by atoms with Gasteiger partial charge in [-0.25, -0.2) is 4.98 Å². The number of nitrogens with one attached hydrogen (secondary N) is 1. The first kappa shape index (κ1) is 29.0. The number of carbonyl (C=O) groups excluding carboxylic acids is 1. The van der Waals surface area contributed by atoms with Crippen LogP contribution in [0.2, 0.25) is 5.02 Å². The lowest BCUT2D eigenvalue weighted by Crippen LogP contribution is -2.25. The van der Waals surface area contributed by atoms with Gasteiger partial charge in [-0.1, -0.05) is 36.4 Å². The van der Waals surface area contributed by atoms with Gasteiger partial charge in [0.1, 0.15) is 11.4 Å². The van der Waals surface area contributed by atoms with E-state index in [-0.39, 0.29) is 5.91 Å². The Kier molecular flexibility index (Phi) is 9.68. The molecule has 0 fully saturated rings. The summed E-state index contributed by atoms with van der Waals surface area (Å²) in [6.45, 7) is 1.93. The van der Waals surface area contributed by atoms with Gasteiger partial charge in [0.2, 0.25) is 11.1 Å². The molecule has 3 aromatic carbocycles. The number of amides is 1. The quantitative estimate of drug-likeness (QED) is 0.202. The summed E-state index contributed by atoms with van der Waals surface area (Å²) in [5.41, 5.74) is 3.15. The van der Waals surface area contributed by atoms with Crippen molar-refractivity contribution in [2.45, 2.75) is 23.8 Å². The molecular formula is C29H29ClN4O5S. The van der Waals surface area contributed by atoms with Gasteiger partial charge in [-0.3, -0.25) is 4.79 Å². The topological polar surface area (TPSA) is 105 Å². The maximum atomic E-state index is 13.1. The third kappa shape index (κ3) is 6.57. The van der Waals surface area contributed by atoms with E-state index >= 15 is 0 Å². The lowest BCUT2D eigenvalue weighted by molar-refractivity contribution is -0.115. The molecule has 40 heavy (non-hydrogen) atoms. The van der Waals surface area contributed by atoms with E-state index in [2.05, 4.69) is 15.5 Å². The van der Waals surface area contributed by atoms with Gasteiger partial charge in [-0.05, 0) is 61.0 Å². The third-order valence-corrected chi connectivity index (χ3v) is 7.44. The fourth-order valence-corrected chi connectivity index (χ4v) is 4.97. The van der Waals surface area contributed by atoms with Crippen LogP contribution < -0.4 is 24.3 Å². The van der Waals surface area contributed by atoms with Gasteiger partial charge in [0.25, 0.3) is 0 Å². The minimum atomic E-state index is -0.467. The molecule has 0 aliphatic rings. The highest BCUT2D eigenvalue weighted by Gasteiger charge is 2.23. The number of thioether (sulfide) groups is 1. The molecule has 0 bridgehead atoms. The Bertz CT molecular complexity index is 1500. The lowest BCUT2D eigenvalue weighted by atomic mass is 10.0. The Morgan fingerprint density at radius 1 is 0.825 bits per heavy atom. The molecule has 4 rings (SSSR count). The zero-order valence-electron chi connectivity index (χ0n) is 22.7. The molecule has 0 saturated heterocycles. The average Bonchev–Trinajstić information content (AvgIpc) is 2.98. The molecule has 0 radical (unpaired) electrons. The minimum Gasteiger partial charge on any atom is -0.493 e.